The molecule has 9 heteroatoms. The van der Waals surface area contributed by atoms with Crippen LogP contribution < -0.4 is 10.1 Å². The van der Waals surface area contributed by atoms with Gasteiger partial charge in [-0.3, -0.25) is 24.4 Å². The Morgan fingerprint density at radius 2 is 1.71 bits per heavy atom. The molecule has 0 unspecified atom stereocenters. The maximum atomic E-state index is 13.7. The summed E-state index contributed by atoms with van der Waals surface area (Å²) in [5.41, 5.74) is 0.207. The molecule has 1 aliphatic carbocycles. The number of nitrogens with one attached hydrogen (secondary N) is 1. The van der Waals surface area contributed by atoms with E-state index in [0.29, 0.717) is 25.6 Å². The van der Waals surface area contributed by atoms with Gasteiger partial charge >= 0.3 is 0 Å². The normalized spacial score (nSPS) is 16.3. The van der Waals surface area contributed by atoms with Crippen LogP contribution in [-0.2, 0) is 19.8 Å². The number of carbonyl (C=O) groups excluding carboxylic acids is 3. The minimum absolute atomic E-state index is 0.000128. The van der Waals surface area contributed by atoms with Gasteiger partial charge in [0.2, 0.25) is 11.8 Å². The van der Waals surface area contributed by atoms with Gasteiger partial charge in [-0.2, -0.15) is 0 Å². The van der Waals surface area contributed by atoms with Gasteiger partial charge in [0.1, 0.15) is 17.4 Å². The number of hydrogen-bond donors (Lipinski definition) is 1. The fourth-order valence-corrected chi connectivity index (χ4v) is 4.32. The second kappa shape index (κ2) is 9.79. The third-order valence-electron chi connectivity index (χ3n) is 6.36. The topological polar surface area (TPSA) is 79.0 Å². The Bertz CT molecular complexity index is 1090. The molecule has 1 saturated heterocycles. The van der Waals surface area contributed by atoms with E-state index in [-0.39, 0.29) is 36.8 Å². The Hall–Kier alpha value is -3.49. The SMILES string of the molecule is COc1ccc(C2(C(=O)N3CCCN3C(=O)CCCC(=O)Nc3ccc(F)cc3F)CC2)cc1. The number of benzene rings is 2. The molecule has 4 rings (SSSR count). The number of nitrogens with zero attached hydrogens (tertiary/aromatic N) is 2. The molecule has 2 fully saturated rings. The van der Waals surface area contributed by atoms with Crippen LogP contribution in [0.3, 0.4) is 0 Å². The first kappa shape index (κ1) is 23.7. The second-order valence-electron chi connectivity index (χ2n) is 8.64. The van der Waals surface area contributed by atoms with Gasteiger partial charge in [0.05, 0.1) is 18.2 Å². The molecule has 0 atom stereocenters. The van der Waals surface area contributed by atoms with Crippen molar-refractivity contribution in [3.8, 4) is 5.75 Å². The van der Waals surface area contributed by atoms with Crippen LogP contribution in [-0.4, -0.2) is 47.9 Å². The van der Waals surface area contributed by atoms with Crippen molar-refractivity contribution < 1.29 is 27.9 Å². The first-order valence-electron chi connectivity index (χ1n) is 11.4. The molecule has 34 heavy (non-hydrogen) atoms. The predicted octanol–water partition coefficient (Wildman–Crippen LogP) is 3.79. The van der Waals surface area contributed by atoms with Crippen molar-refractivity contribution in [1.82, 2.24) is 10.0 Å². The Morgan fingerprint density at radius 3 is 2.35 bits per heavy atom. The van der Waals surface area contributed by atoms with Gasteiger partial charge in [0.25, 0.3) is 5.91 Å². The third kappa shape index (κ3) is 4.88. The van der Waals surface area contributed by atoms with Crippen LogP contribution in [0.5, 0.6) is 5.75 Å². The van der Waals surface area contributed by atoms with E-state index in [1.54, 1.807) is 12.1 Å². The molecule has 2 aromatic carbocycles. The molecular weight excluding hydrogens is 444 g/mol. The van der Waals surface area contributed by atoms with Crippen LogP contribution in [0, 0.1) is 11.6 Å². The number of halogens is 2. The van der Waals surface area contributed by atoms with Crippen molar-refractivity contribution in [2.24, 2.45) is 0 Å². The van der Waals surface area contributed by atoms with Crippen LogP contribution in [0.1, 0.15) is 44.1 Å². The first-order chi connectivity index (χ1) is 16.3. The smallest absolute Gasteiger partial charge is 0.251 e. The van der Waals surface area contributed by atoms with Crippen molar-refractivity contribution in [2.45, 2.75) is 43.9 Å². The van der Waals surface area contributed by atoms with Crippen molar-refractivity contribution >= 4 is 23.4 Å². The largest absolute Gasteiger partial charge is 0.497 e. The molecule has 0 bridgehead atoms. The first-order valence-corrected chi connectivity index (χ1v) is 11.4. The van der Waals surface area contributed by atoms with Gasteiger partial charge in [0.15, 0.2) is 0 Å². The Labute approximate surface area is 196 Å². The van der Waals surface area contributed by atoms with Crippen LogP contribution in [0.25, 0.3) is 0 Å². The van der Waals surface area contributed by atoms with Crippen LogP contribution in [0.15, 0.2) is 42.5 Å². The minimum Gasteiger partial charge on any atom is -0.497 e. The van der Waals surface area contributed by atoms with E-state index in [1.807, 2.05) is 24.3 Å². The van der Waals surface area contributed by atoms with Crippen molar-refractivity contribution in [2.75, 3.05) is 25.5 Å². The maximum Gasteiger partial charge on any atom is 0.251 e. The van der Waals surface area contributed by atoms with Crippen molar-refractivity contribution in [3.63, 3.8) is 0 Å². The molecule has 0 aromatic heterocycles. The Balaban J connectivity index is 1.31. The van der Waals surface area contributed by atoms with Gasteiger partial charge in [-0.15, -0.1) is 0 Å². The Morgan fingerprint density at radius 1 is 1.00 bits per heavy atom. The monoisotopic (exact) mass is 471 g/mol. The Kier molecular flexibility index (Phi) is 6.81. The van der Waals surface area contributed by atoms with E-state index < -0.39 is 23.0 Å². The summed E-state index contributed by atoms with van der Waals surface area (Å²) in [6, 6.07) is 10.4. The summed E-state index contributed by atoms with van der Waals surface area (Å²) in [5.74, 6) is -1.64. The fraction of sp³-hybridized carbons (Fsp3) is 0.400. The molecule has 0 radical (unpaired) electrons. The summed E-state index contributed by atoms with van der Waals surface area (Å²) in [6.45, 7) is 0.934. The van der Waals surface area contributed by atoms with Gasteiger partial charge in [0, 0.05) is 32.0 Å². The zero-order valence-corrected chi connectivity index (χ0v) is 19.0. The maximum absolute atomic E-state index is 13.7. The number of hydrazine groups is 1. The van der Waals surface area contributed by atoms with Crippen molar-refractivity contribution in [3.05, 3.63) is 59.7 Å². The van der Waals surface area contributed by atoms with E-state index >= 15 is 0 Å². The standard InChI is InChI=1S/C25H27F2N3O4/c1-34-19-9-6-17(7-10-19)25(12-13-25)24(33)30-15-3-14-29(30)23(32)5-2-4-22(31)28-21-11-8-18(26)16-20(21)27/h6-11,16H,2-5,12-15H2,1H3,(H,28,31). The highest BCUT2D eigenvalue weighted by molar-refractivity contribution is 5.93. The zero-order valence-electron chi connectivity index (χ0n) is 19.0. The van der Waals surface area contributed by atoms with E-state index in [1.165, 1.54) is 5.01 Å². The van der Waals surface area contributed by atoms with Crippen LogP contribution in [0.2, 0.25) is 0 Å². The number of amides is 3. The second-order valence-corrected chi connectivity index (χ2v) is 8.64. The van der Waals surface area contributed by atoms with Crippen LogP contribution >= 0.6 is 0 Å². The predicted molar refractivity (Wildman–Crippen MR) is 121 cm³/mol. The number of anilines is 1. The minimum atomic E-state index is -0.860. The summed E-state index contributed by atoms with van der Waals surface area (Å²) in [6.07, 6.45) is 2.49. The lowest BCUT2D eigenvalue weighted by Crippen LogP contribution is -2.48. The number of carbonyl (C=O) groups is 3. The average molecular weight is 472 g/mol. The van der Waals surface area contributed by atoms with Gasteiger partial charge in [-0.25, -0.2) is 8.78 Å². The third-order valence-corrected chi connectivity index (χ3v) is 6.36. The fourth-order valence-electron chi connectivity index (χ4n) is 4.32. The zero-order chi connectivity index (χ0) is 24.3. The molecule has 1 N–H and O–H groups in total. The number of hydrogen-bond acceptors (Lipinski definition) is 4. The summed E-state index contributed by atoms with van der Waals surface area (Å²) in [5, 5.41) is 5.42. The summed E-state index contributed by atoms with van der Waals surface area (Å²) in [4.78, 5) is 38.4. The molecule has 0 spiro atoms. The lowest BCUT2D eigenvalue weighted by Gasteiger charge is -2.31. The lowest BCUT2D eigenvalue weighted by atomic mass is 9.94. The molecular formula is C25H27F2N3O4. The summed E-state index contributed by atoms with van der Waals surface area (Å²) in [7, 11) is 1.59. The van der Waals surface area contributed by atoms with Gasteiger partial charge in [-0.1, -0.05) is 12.1 Å². The summed E-state index contributed by atoms with van der Waals surface area (Å²) >= 11 is 0. The molecule has 1 saturated carbocycles. The van der Waals surface area contributed by atoms with Crippen LogP contribution in [0.4, 0.5) is 14.5 Å². The van der Waals surface area contributed by atoms with E-state index in [0.717, 1.165) is 36.3 Å². The van der Waals surface area contributed by atoms with Crippen molar-refractivity contribution in [1.29, 1.82) is 0 Å². The van der Waals surface area contributed by atoms with E-state index in [2.05, 4.69) is 5.32 Å². The molecule has 1 heterocycles. The molecule has 3 amide bonds. The average Bonchev–Trinajstić information content (AvgIpc) is 3.49. The molecule has 180 valence electrons. The summed E-state index contributed by atoms with van der Waals surface area (Å²) < 4.78 is 31.9. The van der Waals surface area contributed by atoms with Gasteiger partial charge < -0.3 is 10.1 Å². The molecule has 2 aliphatic rings. The van der Waals surface area contributed by atoms with E-state index in [9.17, 15) is 23.2 Å². The number of ether oxygens (including phenoxy) is 1. The molecule has 2 aromatic rings. The molecule has 1 aliphatic heterocycles. The highest BCUT2D eigenvalue weighted by Gasteiger charge is 2.54. The van der Waals surface area contributed by atoms with E-state index in [4.69, 9.17) is 4.74 Å². The highest BCUT2D eigenvalue weighted by Crippen LogP contribution is 2.50. The number of rotatable bonds is 8. The quantitative estimate of drug-likeness (QED) is 0.636. The molecule has 7 nitrogen and oxygen atoms in total. The van der Waals surface area contributed by atoms with Gasteiger partial charge in [-0.05, 0) is 55.5 Å². The highest BCUT2D eigenvalue weighted by atomic mass is 19.1. The lowest BCUT2D eigenvalue weighted by molar-refractivity contribution is -0.159. The number of methoxy groups -OCH3 is 1.